The molecule has 0 saturated heterocycles. The van der Waals surface area contributed by atoms with Gasteiger partial charge in [0.25, 0.3) is 0 Å². The van der Waals surface area contributed by atoms with Crippen molar-refractivity contribution in [2.45, 2.75) is 12.5 Å². The van der Waals surface area contributed by atoms with Gasteiger partial charge in [0.2, 0.25) is 5.76 Å². The van der Waals surface area contributed by atoms with Crippen LogP contribution in [0.2, 0.25) is 0 Å². The van der Waals surface area contributed by atoms with E-state index in [0.29, 0.717) is 12.2 Å². The van der Waals surface area contributed by atoms with Gasteiger partial charge in [-0.2, -0.15) is 0 Å². The van der Waals surface area contributed by atoms with Gasteiger partial charge in [0, 0.05) is 24.4 Å². The summed E-state index contributed by atoms with van der Waals surface area (Å²) < 4.78 is 10.9. The number of nitrogens with zero attached hydrogens (tertiary/aromatic N) is 1. The number of para-hydroxylation sites is 1. The number of ether oxygens (including phenoxy) is 2. The van der Waals surface area contributed by atoms with Crippen LogP contribution in [0.4, 0.5) is 0 Å². The van der Waals surface area contributed by atoms with Crippen molar-refractivity contribution in [1.29, 1.82) is 0 Å². The first-order valence-electron chi connectivity index (χ1n) is 6.37. The average molecular weight is 267 g/mol. The van der Waals surface area contributed by atoms with Crippen molar-refractivity contribution >= 4 is 5.97 Å². The molecule has 100 valence electrons. The van der Waals surface area contributed by atoms with Gasteiger partial charge >= 0.3 is 5.97 Å². The van der Waals surface area contributed by atoms with E-state index >= 15 is 0 Å². The predicted molar refractivity (Wildman–Crippen MR) is 72.8 cm³/mol. The van der Waals surface area contributed by atoms with Crippen LogP contribution >= 0.6 is 0 Å². The number of pyridine rings is 1. The molecule has 1 aliphatic heterocycles. The van der Waals surface area contributed by atoms with Gasteiger partial charge < -0.3 is 9.47 Å². The third-order valence-electron chi connectivity index (χ3n) is 3.00. The van der Waals surface area contributed by atoms with E-state index in [0.717, 1.165) is 5.56 Å². The molecular weight excluding hydrogens is 254 g/mol. The first-order valence-corrected chi connectivity index (χ1v) is 6.37. The second-order valence-corrected chi connectivity index (χ2v) is 4.40. The van der Waals surface area contributed by atoms with Crippen LogP contribution in [0.15, 0.2) is 66.7 Å². The molecule has 2 aromatic rings. The van der Waals surface area contributed by atoms with Crippen LogP contribution in [0.5, 0.6) is 5.75 Å². The number of aromatic nitrogens is 1. The summed E-state index contributed by atoms with van der Waals surface area (Å²) in [6, 6.07) is 12.7. The first-order chi connectivity index (χ1) is 9.83. The van der Waals surface area contributed by atoms with Gasteiger partial charge in [-0.15, -0.1) is 0 Å². The Morgan fingerprint density at radius 1 is 1.20 bits per heavy atom. The van der Waals surface area contributed by atoms with Crippen molar-refractivity contribution in [1.82, 2.24) is 4.98 Å². The highest BCUT2D eigenvalue weighted by atomic mass is 16.6. The molecule has 0 saturated carbocycles. The van der Waals surface area contributed by atoms with Crippen LogP contribution in [0, 0.1) is 0 Å². The summed E-state index contributed by atoms with van der Waals surface area (Å²) in [5.41, 5.74) is 0.950. The summed E-state index contributed by atoms with van der Waals surface area (Å²) in [6.07, 6.45) is 5.68. The van der Waals surface area contributed by atoms with Gasteiger partial charge in [-0.3, -0.25) is 4.98 Å². The fourth-order valence-corrected chi connectivity index (χ4v) is 2.01. The van der Waals surface area contributed by atoms with Crippen molar-refractivity contribution in [3.63, 3.8) is 0 Å². The van der Waals surface area contributed by atoms with E-state index in [-0.39, 0.29) is 11.9 Å². The van der Waals surface area contributed by atoms with Crippen molar-refractivity contribution < 1.29 is 14.3 Å². The van der Waals surface area contributed by atoms with E-state index in [1.54, 1.807) is 30.6 Å². The van der Waals surface area contributed by atoms with Crippen LogP contribution in [0.25, 0.3) is 0 Å². The predicted octanol–water partition coefficient (Wildman–Crippen LogP) is 3.03. The van der Waals surface area contributed by atoms with Gasteiger partial charge in [-0.05, 0) is 24.3 Å². The second-order valence-electron chi connectivity index (χ2n) is 4.40. The van der Waals surface area contributed by atoms with E-state index in [1.165, 1.54) is 0 Å². The third-order valence-corrected chi connectivity index (χ3v) is 3.00. The number of esters is 1. The maximum atomic E-state index is 12.0. The molecule has 0 radical (unpaired) electrons. The lowest BCUT2D eigenvalue weighted by atomic mass is 10.1. The molecule has 20 heavy (non-hydrogen) atoms. The van der Waals surface area contributed by atoms with Gasteiger partial charge in [0.15, 0.2) is 0 Å². The Morgan fingerprint density at radius 3 is 2.80 bits per heavy atom. The van der Waals surface area contributed by atoms with Crippen molar-refractivity contribution in [2.75, 3.05) is 0 Å². The topological polar surface area (TPSA) is 48.4 Å². The number of carbonyl (C=O) groups is 1. The molecule has 0 N–H and O–H groups in total. The molecule has 1 aliphatic rings. The molecule has 0 spiro atoms. The molecule has 3 rings (SSSR count). The molecule has 0 fully saturated rings. The number of carbonyl (C=O) groups excluding carboxylic acids is 1. The summed E-state index contributed by atoms with van der Waals surface area (Å²) in [5, 5.41) is 0. The standard InChI is InChI=1S/C16H13NO3/c18-16(19-13-6-2-1-3-7-13)15-9-8-14(20-15)12-5-4-10-17-11-12/h1-7,9-11,14H,8H2. The molecule has 0 aliphatic carbocycles. The zero-order chi connectivity index (χ0) is 13.8. The largest absolute Gasteiger partial charge is 0.478 e. The zero-order valence-electron chi connectivity index (χ0n) is 10.7. The Kier molecular flexibility index (Phi) is 3.46. The van der Waals surface area contributed by atoms with E-state index in [4.69, 9.17) is 9.47 Å². The maximum absolute atomic E-state index is 12.0. The molecule has 0 amide bonds. The fraction of sp³-hybridized carbons (Fsp3) is 0.125. The molecule has 1 unspecified atom stereocenters. The molecule has 0 bridgehead atoms. The van der Waals surface area contributed by atoms with Crippen LogP contribution in [-0.4, -0.2) is 11.0 Å². The molecule has 4 heteroatoms. The minimum atomic E-state index is -0.470. The summed E-state index contributed by atoms with van der Waals surface area (Å²) in [6.45, 7) is 0. The third kappa shape index (κ3) is 2.69. The van der Waals surface area contributed by atoms with Gasteiger partial charge in [-0.25, -0.2) is 4.79 Å². The number of rotatable bonds is 3. The Hall–Kier alpha value is -2.62. The number of benzene rings is 1. The second kappa shape index (κ2) is 5.57. The molecular formula is C16H13NO3. The lowest BCUT2D eigenvalue weighted by Crippen LogP contribution is -2.12. The van der Waals surface area contributed by atoms with E-state index in [1.807, 2.05) is 30.3 Å². The summed E-state index contributed by atoms with van der Waals surface area (Å²) >= 11 is 0. The minimum absolute atomic E-state index is 0.165. The van der Waals surface area contributed by atoms with E-state index < -0.39 is 5.97 Å². The van der Waals surface area contributed by atoms with Crippen molar-refractivity contribution in [3.05, 3.63) is 72.3 Å². The van der Waals surface area contributed by atoms with Crippen molar-refractivity contribution in [2.24, 2.45) is 0 Å². The van der Waals surface area contributed by atoms with E-state index in [9.17, 15) is 4.79 Å². The monoisotopic (exact) mass is 267 g/mol. The Labute approximate surface area is 116 Å². The van der Waals surface area contributed by atoms with Gasteiger partial charge in [-0.1, -0.05) is 24.3 Å². The average Bonchev–Trinajstić information content (AvgIpc) is 2.99. The van der Waals surface area contributed by atoms with Crippen LogP contribution in [-0.2, 0) is 9.53 Å². The highest BCUT2D eigenvalue weighted by Crippen LogP contribution is 2.31. The molecule has 1 aromatic heterocycles. The first kappa shape index (κ1) is 12.4. The fourth-order valence-electron chi connectivity index (χ4n) is 2.01. The number of hydrogen-bond donors (Lipinski definition) is 0. The lowest BCUT2D eigenvalue weighted by molar-refractivity contribution is -0.134. The SMILES string of the molecule is O=C(Oc1ccccc1)C1=CCC(c2cccnc2)O1. The Morgan fingerprint density at radius 2 is 2.05 bits per heavy atom. The summed E-state index contributed by atoms with van der Waals surface area (Å²) in [4.78, 5) is 16.0. The number of hydrogen-bond acceptors (Lipinski definition) is 4. The highest BCUT2D eigenvalue weighted by molar-refractivity contribution is 5.88. The van der Waals surface area contributed by atoms with Gasteiger partial charge in [0.05, 0.1) is 0 Å². The quantitative estimate of drug-likeness (QED) is 0.633. The molecule has 1 atom stereocenters. The molecule has 2 heterocycles. The smallest absolute Gasteiger partial charge is 0.378 e. The van der Waals surface area contributed by atoms with Gasteiger partial charge in [0.1, 0.15) is 11.9 Å². The lowest BCUT2D eigenvalue weighted by Gasteiger charge is -2.12. The van der Waals surface area contributed by atoms with Crippen LogP contribution in [0.1, 0.15) is 18.1 Å². The van der Waals surface area contributed by atoms with E-state index in [2.05, 4.69) is 4.98 Å². The minimum Gasteiger partial charge on any atom is -0.478 e. The van der Waals surface area contributed by atoms with Crippen LogP contribution < -0.4 is 4.74 Å². The zero-order valence-corrected chi connectivity index (χ0v) is 10.7. The maximum Gasteiger partial charge on any atom is 0.378 e. The molecule has 1 aromatic carbocycles. The summed E-state index contributed by atoms with van der Waals surface area (Å²) in [7, 11) is 0. The molecule has 4 nitrogen and oxygen atoms in total. The summed E-state index contributed by atoms with van der Waals surface area (Å²) in [5.74, 6) is 0.289. The van der Waals surface area contributed by atoms with Crippen molar-refractivity contribution in [3.8, 4) is 5.75 Å². The Bertz CT molecular complexity index is 623. The normalized spacial score (nSPS) is 17.2. The van der Waals surface area contributed by atoms with Crippen LogP contribution in [0.3, 0.4) is 0 Å². The Balaban J connectivity index is 1.64. The highest BCUT2D eigenvalue weighted by Gasteiger charge is 2.26.